The highest BCUT2D eigenvalue weighted by Gasteiger charge is 2.16. The molecule has 0 atom stereocenters. The molecule has 0 aliphatic carbocycles. The van der Waals surface area contributed by atoms with Crippen LogP contribution >= 0.6 is 0 Å². The number of rotatable bonds is 9. The highest BCUT2D eigenvalue weighted by Crippen LogP contribution is 2.10. The van der Waals surface area contributed by atoms with Crippen LogP contribution in [0.2, 0.25) is 0 Å². The van der Waals surface area contributed by atoms with E-state index in [1.54, 1.807) is 19.1 Å². The van der Waals surface area contributed by atoms with E-state index in [-0.39, 0.29) is 30.4 Å². The van der Waals surface area contributed by atoms with Crippen molar-refractivity contribution < 1.29 is 21.6 Å². The number of sulfonamides is 2. The lowest BCUT2D eigenvalue weighted by Crippen LogP contribution is -2.39. The van der Waals surface area contributed by atoms with Crippen LogP contribution in [0.25, 0.3) is 0 Å². The first kappa shape index (κ1) is 20.6. The summed E-state index contributed by atoms with van der Waals surface area (Å²) in [6.45, 7) is 2.37. The number of benzene rings is 1. The van der Waals surface area contributed by atoms with E-state index < -0.39 is 20.0 Å². The zero-order valence-corrected chi connectivity index (χ0v) is 15.4. The maximum absolute atomic E-state index is 11.8. The Kier molecular flexibility index (Phi) is 7.33. The van der Waals surface area contributed by atoms with Crippen LogP contribution in [0.3, 0.4) is 0 Å². The van der Waals surface area contributed by atoms with E-state index in [0.717, 1.165) is 11.8 Å². The number of hydrogen-bond acceptors (Lipinski definition) is 5. The van der Waals surface area contributed by atoms with Crippen LogP contribution in [0.4, 0.5) is 0 Å². The van der Waals surface area contributed by atoms with Gasteiger partial charge in [0.15, 0.2) is 0 Å². The number of nitrogens with two attached hydrogens (primary N) is 1. The third kappa shape index (κ3) is 6.95. The van der Waals surface area contributed by atoms with Crippen molar-refractivity contribution in [2.75, 3.05) is 25.9 Å². The summed E-state index contributed by atoms with van der Waals surface area (Å²) in [6.07, 6.45) is 1.87. The molecule has 0 saturated carbocycles. The van der Waals surface area contributed by atoms with Gasteiger partial charge < -0.3 is 5.32 Å². The molecule has 0 spiro atoms. The third-order valence-electron chi connectivity index (χ3n) is 3.38. The Morgan fingerprint density at radius 3 is 2.17 bits per heavy atom. The second kappa shape index (κ2) is 8.56. The van der Waals surface area contributed by atoms with E-state index in [4.69, 9.17) is 5.14 Å². The van der Waals surface area contributed by atoms with Gasteiger partial charge in [-0.1, -0.05) is 19.1 Å². The molecule has 3 N–H and O–H groups in total. The van der Waals surface area contributed by atoms with Gasteiger partial charge in [-0.15, -0.1) is 0 Å². The van der Waals surface area contributed by atoms with Crippen LogP contribution in [0.1, 0.15) is 18.9 Å². The second-order valence-corrected chi connectivity index (χ2v) is 8.85. The Morgan fingerprint density at radius 2 is 1.71 bits per heavy atom. The summed E-state index contributed by atoms with van der Waals surface area (Å²) in [7, 11) is -7.15. The van der Waals surface area contributed by atoms with Crippen molar-refractivity contribution in [3.8, 4) is 0 Å². The van der Waals surface area contributed by atoms with Gasteiger partial charge in [-0.3, -0.25) is 4.79 Å². The minimum Gasteiger partial charge on any atom is -0.355 e. The number of amides is 1. The molecule has 0 heterocycles. The minimum absolute atomic E-state index is 0.00787. The quantitative estimate of drug-likeness (QED) is 0.609. The van der Waals surface area contributed by atoms with Crippen molar-refractivity contribution in [2.45, 2.75) is 24.7 Å². The lowest BCUT2D eigenvalue weighted by Gasteiger charge is -2.20. The molecule has 0 aliphatic rings. The van der Waals surface area contributed by atoms with E-state index in [1.165, 1.54) is 16.4 Å². The van der Waals surface area contributed by atoms with Gasteiger partial charge in [0.25, 0.3) is 0 Å². The minimum atomic E-state index is -3.74. The molecule has 0 aliphatic heterocycles. The van der Waals surface area contributed by atoms with Crippen molar-refractivity contribution in [3.05, 3.63) is 29.8 Å². The molecule has 24 heavy (non-hydrogen) atoms. The van der Waals surface area contributed by atoms with Gasteiger partial charge in [-0.2, -0.15) is 0 Å². The number of primary sulfonamides is 1. The molecular weight excluding hydrogens is 354 g/mol. The number of carbonyl (C=O) groups is 1. The lowest BCUT2D eigenvalue weighted by molar-refractivity contribution is -0.120. The van der Waals surface area contributed by atoms with Crippen molar-refractivity contribution in [1.82, 2.24) is 9.62 Å². The second-order valence-electron chi connectivity index (χ2n) is 5.30. The SMILES string of the molecule is CCC(=O)NCCN(CCc1ccc(S(N)(=O)=O)cc1)S(C)(=O)=O. The van der Waals surface area contributed by atoms with Gasteiger partial charge in [0.2, 0.25) is 26.0 Å². The molecule has 136 valence electrons. The summed E-state index contributed by atoms with van der Waals surface area (Å²) >= 11 is 0. The Bertz CT molecular complexity index is 758. The van der Waals surface area contributed by atoms with E-state index in [2.05, 4.69) is 5.32 Å². The van der Waals surface area contributed by atoms with Gasteiger partial charge in [-0.05, 0) is 24.1 Å². The van der Waals surface area contributed by atoms with Crippen molar-refractivity contribution in [2.24, 2.45) is 5.14 Å². The largest absolute Gasteiger partial charge is 0.355 e. The summed E-state index contributed by atoms with van der Waals surface area (Å²) < 4.78 is 47.3. The molecule has 0 bridgehead atoms. The lowest BCUT2D eigenvalue weighted by atomic mass is 10.1. The van der Waals surface area contributed by atoms with Crippen LogP contribution in [0.5, 0.6) is 0 Å². The third-order valence-corrected chi connectivity index (χ3v) is 5.61. The predicted molar refractivity (Wildman–Crippen MR) is 91.2 cm³/mol. The average Bonchev–Trinajstić information content (AvgIpc) is 2.48. The van der Waals surface area contributed by atoms with Crippen LogP contribution < -0.4 is 10.5 Å². The first-order chi connectivity index (χ1) is 11.0. The molecule has 1 rings (SSSR count). The molecule has 8 nitrogen and oxygen atoms in total. The summed E-state index contributed by atoms with van der Waals surface area (Å²) in [4.78, 5) is 11.2. The summed E-state index contributed by atoms with van der Waals surface area (Å²) in [5.74, 6) is -0.137. The highest BCUT2D eigenvalue weighted by atomic mass is 32.2. The average molecular weight is 377 g/mol. The van der Waals surface area contributed by atoms with Gasteiger partial charge in [0, 0.05) is 26.1 Å². The molecule has 0 aromatic heterocycles. The Hall–Kier alpha value is -1.49. The fourth-order valence-electron chi connectivity index (χ4n) is 1.99. The number of nitrogens with one attached hydrogen (secondary N) is 1. The van der Waals surface area contributed by atoms with Crippen LogP contribution in [-0.2, 0) is 31.3 Å². The zero-order chi connectivity index (χ0) is 18.4. The van der Waals surface area contributed by atoms with Crippen molar-refractivity contribution >= 4 is 26.0 Å². The monoisotopic (exact) mass is 377 g/mol. The summed E-state index contributed by atoms with van der Waals surface area (Å²) in [5.41, 5.74) is 0.786. The smallest absolute Gasteiger partial charge is 0.238 e. The van der Waals surface area contributed by atoms with E-state index >= 15 is 0 Å². The van der Waals surface area contributed by atoms with Crippen LogP contribution in [0, 0.1) is 0 Å². The molecule has 1 aromatic rings. The first-order valence-corrected chi connectivity index (χ1v) is 10.8. The number of carbonyl (C=O) groups excluding carboxylic acids is 1. The maximum atomic E-state index is 11.8. The Balaban J connectivity index is 2.66. The highest BCUT2D eigenvalue weighted by molar-refractivity contribution is 7.89. The Labute approximate surface area is 143 Å². The normalized spacial score (nSPS) is 12.3. The molecule has 0 radical (unpaired) electrons. The van der Waals surface area contributed by atoms with Gasteiger partial charge in [0.05, 0.1) is 11.2 Å². The van der Waals surface area contributed by atoms with Gasteiger partial charge in [0.1, 0.15) is 0 Å². The fraction of sp³-hybridized carbons (Fsp3) is 0.500. The van der Waals surface area contributed by atoms with Crippen molar-refractivity contribution in [3.63, 3.8) is 0 Å². The summed E-state index contributed by atoms with van der Waals surface area (Å²) in [6, 6.07) is 5.96. The molecule has 0 fully saturated rings. The number of hydrogen-bond donors (Lipinski definition) is 2. The van der Waals surface area contributed by atoms with E-state index in [9.17, 15) is 21.6 Å². The Morgan fingerprint density at radius 1 is 1.12 bits per heavy atom. The van der Waals surface area contributed by atoms with E-state index in [1.807, 2.05) is 0 Å². The maximum Gasteiger partial charge on any atom is 0.238 e. The first-order valence-electron chi connectivity index (χ1n) is 7.37. The molecular formula is C14H23N3O5S2. The molecule has 1 amide bonds. The molecule has 10 heteroatoms. The van der Waals surface area contributed by atoms with E-state index in [0.29, 0.717) is 12.8 Å². The van der Waals surface area contributed by atoms with Crippen LogP contribution in [0.15, 0.2) is 29.2 Å². The molecule has 0 unspecified atom stereocenters. The number of nitrogens with zero attached hydrogens (tertiary/aromatic N) is 1. The molecule has 1 aromatic carbocycles. The standard InChI is InChI=1S/C14H23N3O5S2/c1-3-14(18)16-9-11-17(23(2,19)20)10-8-12-4-6-13(7-5-12)24(15,21)22/h4-7H,3,8-11H2,1-2H3,(H,16,18)(H2,15,21,22). The van der Waals surface area contributed by atoms with Gasteiger partial charge >= 0.3 is 0 Å². The summed E-state index contributed by atoms with van der Waals surface area (Å²) in [5, 5.41) is 7.66. The predicted octanol–water partition coefficient (Wildman–Crippen LogP) is -0.336. The topological polar surface area (TPSA) is 127 Å². The van der Waals surface area contributed by atoms with Crippen LogP contribution in [-0.4, -0.2) is 52.9 Å². The fourth-order valence-corrected chi connectivity index (χ4v) is 3.35. The van der Waals surface area contributed by atoms with Gasteiger partial charge in [-0.25, -0.2) is 26.3 Å². The van der Waals surface area contributed by atoms with Crippen molar-refractivity contribution in [1.29, 1.82) is 0 Å². The zero-order valence-electron chi connectivity index (χ0n) is 13.7. The molecule has 0 saturated heterocycles.